The molecule has 0 unspecified atom stereocenters. The summed E-state index contributed by atoms with van der Waals surface area (Å²) in [6.45, 7) is 6.47. The summed E-state index contributed by atoms with van der Waals surface area (Å²) in [7, 11) is 0. The van der Waals surface area contributed by atoms with E-state index in [1.165, 1.54) is 5.69 Å². The van der Waals surface area contributed by atoms with Gasteiger partial charge in [-0.05, 0) is 19.8 Å². The molecule has 0 amide bonds. The molecule has 0 aliphatic carbocycles. The van der Waals surface area contributed by atoms with Crippen molar-refractivity contribution in [1.29, 1.82) is 0 Å². The third-order valence-electron chi connectivity index (χ3n) is 2.58. The second-order valence-corrected chi connectivity index (χ2v) is 3.57. The standard InChI is InChI=1S/C10H17ClN2/c1-4-10(5-2)13-8(3)9(6-11)7-12-13/h7,10H,4-6H2,1-3H3. The molecule has 0 saturated carbocycles. The molecule has 1 heterocycles. The third-order valence-corrected chi connectivity index (χ3v) is 2.87. The summed E-state index contributed by atoms with van der Waals surface area (Å²) in [6, 6.07) is 0.525. The molecular weight excluding hydrogens is 184 g/mol. The van der Waals surface area contributed by atoms with Crippen LogP contribution in [-0.2, 0) is 5.88 Å². The molecule has 1 aromatic rings. The predicted octanol–water partition coefficient (Wildman–Crippen LogP) is 3.29. The van der Waals surface area contributed by atoms with Gasteiger partial charge >= 0.3 is 0 Å². The molecule has 2 nitrogen and oxygen atoms in total. The molecule has 0 radical (unpaired) electrons. The normalized spacial score (nSPS) is 11.2. The Morgan fingerprint density at radius 3 is 2.46 bits per heavy atom. The summed E-state index contributed by atoms with van der Waals surface area (Å²) < 4.78 is 2.09. The summed E-state index contributed by atoms with van der Waals surface area (Å²) in [5.41, 5.74) is 2.36. The van der Waals surface area contributed by atoms with Crippen molar-refractivity contribution in [2.75, 3.05) is 0 Å². The van der Waals surface area contributed by atoms with Crippen LogP contribution in [0.25, 0.3) is 0 Å². The first kappa shape index (κ1) is 10.6. The lowest BCUT2D eigenvalue weighted by Crippen LogP contribution is -2.10. The van der Waals surface area contributed by atoms with Crippen molar-refractivity contribution in [3.8, 4) is 0 Å². The van der Waals surface area contributed by atoms with Crippen molar-refractivity contribution in [2.45, 2.75) is 45.5 Å². The Bertz CT molecular complexity index is 264. The lowest BCUT2D eigenvalue weighted by Gasteiger charge is -2.15. The second-order valence-electron chi connectivity index (χ2n) is 3.30. The monoisotopic (exact) mass is 200 g/mol. The summed E-state index contributed by atoms with van der Waals surface area (Å²) in [6.07, 6.45) is 4.13. The zero-order valence-corrected chi connectivity index (χ0v) is 9.30. The highest BCUT2D eigenvalue weighted by Crippen LogP contribution is 2.19. The molecule has 0 bridgehead atoms. The van der Waals surface area contributed by atoms with Crippen molar-refractivity contribution in [3.63, 3.8) is 0 Å². The fourth-order valence-electron chi connectivity index (χ4n) is 1.59. The van der Waals surface area contributed by atoms with Gasteiger partial charge in [-0.3, -0.25) is 4.68 Å². The van der Waals surface area contributed by atoms with Crippen LogP contribution >= 0.6 is 11.6 Å². The lowest BCUT2D eigenvalue weighted by atomic mass is 10.1. The first-order valence-corrected chi connectivity index (χ1v) is 5.36. The summed E-state index contributed by atoms with van der Waals surface area (Å²) in [5, 5.41) is 4.36. The number of hydrogen-bond donors (Lipinski definition) is 0. The molecule has 0 N–H and O–H groups in total. The zero-order valence-electron chi connectivity index (χ0n) is 8.55. The fraction of sp³-hybridized carbons (Fsp3) is 0.700. The lowest BCUT2D eigenvalue weighted by molar-refractivity contribution is 0.419. The minimum Gasteiger partial charge on any atom is -0.267 e. The molecule has 3 heteroatoms. The van der Waals surface area contributed by atoms with E-state index < -0.39 is 0 Å². The smallest absolute Gasteiger partial charge is 0.0536 e. The highest BCUT2D eigenvalue weighted by atomic mass is 35.5. The summed E-state index contributed by atoms with van der Waals surface area (Å²) in [4.78, 5) is 0. The maximum atomic E-state index is 5.78. The molecule has 1 aromatic heterocycles. The highest BCUT2D eigenvalue weighted by molar-refractivity contribution is 6.17. The van der Waals surface area contributed by atoms with Crippen LogP contribution in [0, 0.1) is 6.92 Å². The van der Waals surface area contributed by atoms with Gasteiger partial charge in [0, 0.05) is 11.3 Å². The van der Waals surface area contributed by atoms with Gasteiger partial charge in [0.25, 0.3) is 0 Å². The fourth-order valence-corrected chi connectivity index (χ4v) is 1.86. The second kappa shape index (κ2) is 4.66. The molecule has 74 valence electrons. The Balaban J connectivity index is 2.93. The topological polar surface area (TPSA) is 17.8 Å². The summed E-state index contributed by atoms with van der Waals surface area (Å²) >= 11 is 5.78. The maximum absolute atomic E-state index is 5.78. The Morgan fingerprint density at radius 2 is 2.08 bits per heavy atom. The quantitative estimate of drug-likeness (QED) is 0.682. The van der Waals surface area contributed by atoms with Gasteiger partial charge in [0.2, 0.25) is 0 Å². The Morgan fingerprint density at radius 1 is 1.46 bits per heavy atom. The van der Waals surface area contributed by atoms with Crippen LogP contribution in [0.2, 0.25) is 0 Å². The maximum Gasteiger partial charge on any atom is 0.0536 e. The predicted molar refractivity (Wildman–Crippen MR) is 56.1 cm³/mol. The van der Waals surface area contributed by atoms with Gasteiger partial charge < -0.3 is 0 Å². The van der Waals surface area contributed by atoms with Gasteiger partial charge in [-0.2, -0.15) is 5.10 Å². The number of alkyl halides is 1. The van der Waals surface area contributed by atoms with E-state index in [1.54, 1.807) is 0 Å². The van der Waals surface area contributed by atoms with E-state index >= 15 is 0 Å². The van der Waals surface area contributed by atoms with Gasteiger partial charge in [0.15, 0.2) is 0 Å². The van der Waals surface area contributed by atoms with Crippen molar-refractivity contribution in [3.05, 3.63) is 17.5 Å². The highest BCUT2D eigenvalue weighted by Gasteiger charge is 2.11. The van der Waals surface area contributed by atoms with Gasteiger partial charge in [0.1, 0.15) is 0 Å². The number of rotatable bonds is 4. The molecule has 0 fully saturated rings. The molecule has 0 aliphatic rings. The van der Waals surface area contributed by atoms with Crippen molar-refractivity contribution < 1.29 is 0 Å². The molecule has 0 saturated heterocycles. The average molecular weight is 201 g/mol. The van der Waals surface area contributed by atoms with Crippen LogP contribution < -0.4 is 0 Å². The minimum absolute atomic E-state index is 0.525. The molecule has 0 aliphatic heterocycles. The largest absolute Gasteiger partial charge is 0.267 e. The van der Waals surface area contributed by atoms with Crippen LogP contribution in [0.5, 0.6) is 0 Å². The van der Waals surface area contributed by atoms with Crippen LogP contribution in [0.3, 0.4) is 0 Å². The van der Waals surface area contributed by atoms with Gasteiger partial charge in [-0.25, -0.2) is 0 Å². The van der Waals surface area contributed by atoms with Gasteiger partial charge in [-0.1, -0.05) is 13.8 Å². The van der Waals surface area contributed by atoms with E-state index in [2.05, 4.69) is 30.6 Å². The number of nitrogens with zero attached hydrogens (tertiary/aromatic N) is 2. The molecule has 0 aromatic carbocycles. The molecule has 1 rings (SSSR count). The van der Waals surface area contributed by atoms with E-state index in [4.69, 9.17) is 11.6 Å². The van der Waals surface area contributed by atoms with E-state index in [9.17, 15) is 0 Å². The third kappa shape index (κ3) is 2.05. The van der Waals surface area contributed by atoms with E-state index in [-0.39, 0.29) is 0 Å². The van der Waals surface area contributed by atoms with Gasteiger partial charge in [-0.15, -0.1) is 11.6 Å². The molecule has 13 heavy (non-hydrogen) atoms. The first-order chi connectivity index (χ1) is 6.24. The zero-order chi connectivity index (χ0) is 9.84. The van der Waals surface area contributed by atoms with Gasteiger partial charge in [0.05, 0.1) is 18.1 Å². The molecule has 0 spiro atoms. The SMILES string of the molecule is CCC(CC)n1ncc(CCl)c1C. The number of hydrogen-bond acceptors (Lipinski definition) is 1. The van der Waals surface area contributed by atoms with Crippen molar-refractivity contribution in [1.82, 2.24) is 9.78 Å². The Labute approximate surface area is 84.9 Å². The first-order valence-electron chi connectivity index (χ1n) is 4.83. The summed E-state index contributed by atoms with van der Waals surface area (Å²) in [5.74, 6) is 0.561. The van der Waals surface area contributed by atoms with Crippen molar-refractivity contribution in [2.24, 2.45) is 0 Å². The Kier molecular flexibility index (Phi) is 3.79. The van der Waals surface area contributed by atoms with Crippen LogP contribution in [0.1, 0.15) is 44.0 Å². The number of halogens is 1. The van der Waals surface area contributed by atoms with Crippen LogP contribution in [-0.4, -0.2) is 9.78 Å². The Hall–Kier alpha value is -0.500. The average Bonchev–Trinajstić information content (AvgIpc) is 2.50. The minimum atomic E-state index is 0.525. The number of aromatic nitrogens is 2. The van der Waals surface area contributed by atoms with E-state index in [1.807, 2.05) is 6.20 Å². The molecular formula is C10H17ClN2. The van der Waals surface area contributed by atoms with Crippen molar-refractivity contribution >= 4 is 11.6 Å². The van der Waals surface area contributed by atoms with E-state index in [0.29, 0.717) is 11.9 Å². The molecule has 0 atom stereocenters. The van der Waals surface area contributed by atoms with E-state index in [0.717, 1.165) is 18.4 Å². The van der Waals surface area contributed by atoms with Crippen LogP contribution in [0.15, 0.2) is 6.20 Å². The van der Waals surface area contributed by atoms with Crippen LogP contribution in [0.4, 0.5) is 0 Å².